The molecule has 2 aromatic carbocycles. The third-order valence-corrected chi connectivity index (χ3v) is 4.97. The molecule has 0 bridgehead atoms. The Morgan fingerprint density at radius 2 is 2.00 bits per heavy atom. The number of allylic oxidation sites excluding steroid dienone is 1. The van der Waals surface area contributed by atoms with Crippen LogP contribution < -0.4 is 0 Å². The average molecular weight is 363 g/mol. The number of aromatic nitrogens is 1. The highest BCUT2D eigenvalue weighted by Gasteiger charge is 2.10. The maximum absolute atomic E-state index is 9.52. The number of para-hydroxylation sites is 1. The topological polar surface area (TPSA) is 49.8 Å². The van der Waals surface area contributed by atoms with Crippen molar-refractivity contribution in [2.45, 2.75) is 0 Å². The van der Waals surface area contributed by atoms with Crippen LogP contribution in [0.2, 0.25) is 5.02 Å². The maximum atomic E-state index is 9.52. The first-order valence-corrected chi connectivity index (χ1v) is 8.76. The van der Waals surface area contributed by atoms with Gasteiger partial charge in [-0.15, -0.1) is 11.3 Å². The van der Waals surface area contributed by atoms with E-state index in [0.717, 1.165) is 15.8 Å². The summed E-state index contributed by atoms with van der Waals surface area (Å²) in [5.41, 5.74) is 2.27. The first-order chi connectivity index (χ1) is 12.2. The molecule has 4 aromatic rings. The standard InChI is InChI=1S/C20H11ClN2OS/c21-15-5-3-4-13(10-15)18-9-8-16(24-18)11-14(12-22)20-23-17-6-1-2-7-19(17)25-20/h1-11H/b14-11+. The van der Waals surface area contributed by atoms with E-state index in [-0.39, 0.29) is 0 Å². The predicted molar refractivity (Wildman–Crippen MR) is 102 cm³/mol. The average Bonchev–Trinajstić information content (AvgIpc) is 3.26. The Hall–Kier alpha value is -2.87. The van der Waals surface area contributed by atoms with Crippen LogP contribution in [-0.4, -0.2) is 4.98 Å². The number of hydrogen-bond acceptors (Lipinski definition) is 4. The van der Waals surface area contributed by atoms with Gasteiger partial charge < -0.3 is 4.42 Å². The second-order valence-corrected chi connectivity index (χ2v) is 6.84. The molecule has 3 nitrogen and oxygen atoms in total. The fraction of sp³-hybridized carbons (Fsp3) is 0. The smallest absolute Gasteiger partial charge is 0.135 e. The molecule has 0 saturated carbocycles. The van der Waals surface area contributed by atoms with Crippen LogP contribution >= 0.6 is 22.9 Å². The van der Waals surface area contributed by atoms with E-state index in [0.29, 0.717) is 27.1 Å². The molecule has 0 radical (unpaired) electrons. The number of thiazole rings is 1. The van der Waals surface area contributed by atoms with Crippen LogP contribution in [0.5, 0.6) is 0 Å². The van der Waals surface area contributed by atoms with Gasteiger partial charge >= 0.3 is 0 Å². The van der Waals surface area contributed by atoms with Crippen molar-refractivity contribution >= 4 is 44.8 Å². The Kier molecular flexibility index (Phi) is 4.10. The van der Waals surface area contributed by atoms with Gasteiger partial charge in [0, 0.05) is 16.7 Å². The van der Waals surface area contributed by atoms with Crippen molar-refractivity contribution in [1.82, 2.24) is 4.98 Å². The summed E-state index contributed by atoms with van der Waals surface area (Å²) in [4.78, 5) is 4.53. The Morgan fingerprint density at radius 1 is 1.12 bits per heavy atom. The van der Waals surface area contributed by atoms with Crippen molar-refractivity contribution in [3.63, 3.8) is 0 Å². The third kappa shape index (κ3) is 3.20. The van der Waals surface area contributed by atoms with Crippen molar-refractivity contribution in [3.05, 3.63) is 76.5 Å². The highest BCUT2D eigenvalue weighted by atomic mass is 35.5. The van der Waals surface area contributed by atoms with Crippen LogP contribution in [0.3, 0.4) is 0 Å². The largest absolute Gasteiger partial charge is 0.457 e. The predicted octanol–water partition coefficient (Wildman–Crippen LogP) is 6.27. The van der Waals surface area contributed by atoms with Crippen LogP contribution in [0.1, 0.15) is 10.8 Å². The molecule has 2 aromatic heterocycles. The van der Waals surface area contributed by atoms with E-state index >= 15 is 0 Å². The van der Waals surface area contributed by atoms with Gasteiger partial charge in [0.05, 0.1) is 15.8 Å². The first kappa shape index (κ1) is 15.6. The number of furan rings is 1. The molecule has 0 aliphatic carbocycles. The van der Waals surface area contributed by atoms with Crippen LogP contribution in [0, 0.1) is 11.3 Å². The van der Waals surface area contributed by atoms with E-state index < -0.39 is 0 Å². The van der Waals surface area contributed by atoms with Crippen molar-refractivity contribution in [1.29, 1.82) is 5.26 Å². The van der Waals surface area contributed by atoms with E-state index in [1.54, 1.807) is 6.08 Å². The highest BCUT2D eigenvalue weighted by molar-refractivity contribution is 7.19. The lowest BCUT2D eigenvalue weighted by atomic mass is 10.2. The fourth-order valence-electron chi connectivity index (χ4n) is 2.50. The zero-order chi connectivity index (χ0) is 17.2. The monoisotopic (exact) mass is 362 g/mol. The molecule has 0 N–H and O–H groups in total. The second kappa shape index (κ2) is 6.56. The summed E-state index contributed by atoms with van der Waals surface area (Å²) >= 11 is 7.52. The normalized spacial score (nSPS) is 11.6. The van der Waals surface area contributed by atoms with Crippen molar-refractivity contribution < 1.29 is 4.42 Å². The van der Waals surface area contributed by atoms with Gasteiger partial charge in [-0.05, 0) is 36.4 Å². The Morgan fingerprint density at radius 3 is 2.80 bits per heavy atom. The lowest BCUT2D eigenvalue weighted by Crippen LogP contribution is -1.79. The lowest BCUT2D eigenvalue weighted by Gasteiger charge is -1.97. The minimum absolute atomic E-state index is 0.480. The number of fused-ring (bicyclic) bond motifs is 1. The van der Waals surface area contributed by atoms with Crippen LogP contribution in [0.4, 0.5) is 0 Å². The minimum atomic E-state index is 0.480. The van der Waals surface area contributed by atoms with Crippen molar-refractivity contribution in [2.24, 2.45) is 0 Å². The minimum Gasteiger partial charge on any atom is -0.457 e. The molecule has 0 spiro atoms. The zero-order valence-electron chi connectivity index (χ0n) is 12.9. The SMILES string of the molecule is N#C/C(=C\c1ccc(-c2cccc(Cl)c2)o1)c1nc2ccccc2s1. The molecule has 0 atom stereocenters. The summed E-state index contributed by atoms with van der Waals surface area (Å²) < 4.78 is 6.90. The molecule has 2 heterocycles. The van der Waals surface area contributed by atoms with Gasteiger partial charge in [0.15, 0.2) is 0 Å². The number of halogens is 1. The molecule has 0 saturated heterocycles. The summed E-state index contributed by atoms with van der Waals surface area (Å²) in [6.45, 7) is 0. The molecular formula is C20H11ClN2OS. The Labute approximate surface area is 153 Å². The number of nitriles is 1. The van der Waals surface area contributed by atoms with Crippen LogP contribution in [0.25, 0.3) is 33.2 Å². The fourth-order valence-corrected chi connectivity index (χ4v) is 3.62. The molecule has 0 fully saturated rings. The Balaban J connectivity index is 1.70. The Bertz CT molecular complexity index is 1100. The number of nitrogens with zero attached hydrogens (tertiary/aromatic N) is 2. The molecular weight excluding hydrogens is 352 g/mol. The number of hydrogen-bond donors (Lipinski definition) is 0. The number of rotatable bonds is 3. The molecule has 0 aliphatic rings. The molecule has 4 rings (SSSR count). The second-order valence-electron chi connectivity index (χ2n) is 5.37. The van der Waals surface area contributed by atoms with Gasteiger partial charge in [0.25, 0.3) is 0 Å². The maximum Gasteiger partial charge on any atom is 0.135 e. The molecule has 120 valence electrons. The number of benzene rings is 2. The van der Waals surface area contributed by atoms with Crippen molar-refractivity contribution in [3.8, 4) is 17.4 Å². The summed E-state index contributed by atoms with van der Waals surface area (Å²) in [5, 5.41) is 10.9. The summed E-state index contributed by atoms with van der Waals surface area (Å²) in [7, 11) is 0. The molecule has 25 heavy (non-hydrogen) atoms. The summed E-state index contributed by atoms with van der Waals surface area (Å²) in [5.74, 6) is 1.31. The summed E-state index contributed by atoms with van der Waals surface area (Å²) in [6, 6.07) is 21.2. The van der Waals surface area contributed by atoms with E-state index in [9.17, 15) is 5.26 Å². The van der Waals surface area contributed by atoms with E-state index in [4.69, 9.17) is 16.0 Å². The van der Waals surface area contributed by atoms with E-state index in [1.165, 1.54) is 11.3 Å². The van der Waals surface area contributed by atoms with Gasteiger partial charge in [0.2, 0.25) is 0 Å². The van der Waals surface area contributed by atoms with Gasteiger partial charge in [-0.25, -0.2) is 4.98 Å². The molecule has 0 aliphatic heterocycles. The van der Waals surface area contributed by atoms with Gasteiger partial charge in [-0.1, -0.05) is 35.9 Å². The lowest BCUT2D eigenvalue weighted by molar-refractivity contribution is 0.572. The molecule has 0 unspecified atom stereocenters. The van der Waals surface area contributed by atoms with Gasteiger partial charge in [0.1, 0.15) is 22.6 Å². The van der Waals surface area contributed by atoms with E-state index in [1.807, 2.05) is 60.7 Å². The van der Waals surface area contributed by atoms with E-state index in [2.05, 4.69) is 11.1 Å². The quantitative estimate of drug-likeness (QED) is 0.403. The highest BCUT2D eigenvalue weighted by Crippen LogP contribution is 2.30. The third-order valence-electron chi connectivity index (χ3n) is 3.67. The molecule has 0 amide bonds. The van der Waals surface area contributed by atoms with Gasteiger partial charge in [-0.2, -0.15) is 5.26 Å². The van der Waals surface area contributed by atoms with Gasteiger partial charge in [-0.3, -0.25) is 0 Å². The van der Waals surface area contributed by atoms with Crippen molar-refractivity contribution in [2.75, 3.05) is 0 Å². The van der Waals surface area contributed by atoms with Crippen LogP contribution in [0.15, 0.2) is 65.1 Å². The van der Waals surface area contributed by atoms with Crippen LogP contribution in [-0.2, 0) is 0 Å². The first-order valence-electron chi connectivity index (χ1n) is 7.56. The summed E-state index contributed by atoms with van der Waals surface area (Å²) in [6.07, 6.45) is 1.71. The zero-order valence-corrected chi connectivity index (χ0v) is 14.5. The molecule has 5 heteroatoms.